The second-order valence-electron chi connectivity index (χ2n) is 10.3. The Balaban J connectivity index is 1.35. The van der Waals surface area contributed by atoms with Gasteiger partial charge in [0.2, 0.25) is 0 Å². The molecule has 2 heterocycles. The first-order valence-electron chi connectivity index (χ1n) is 14.0. The first kappa shape index (κ1) is 29.1. The van der Waals surface area contributed by atoms with Gasteiger partial charge in [-0.2, -0.15) is 5.10 Å². The molecule has 2 aromatic carbocycles. The summed E-state index contributed by atoms with van der Waals surface area (Å²) in [6, 6.07) is 13.6. The van der Waals surface area contributed by atoms with Gasteiger partial charge in [-0.3, -0.25) is 9.80 Å². The van der Waals surface area contributed by atoms with E-state index in [1.807, 2.05) is 61.3 Å². The zero-order valence-corrected chi connectivity index (χ0v) is 25.5. The quantitative estimate of drug-likeness (QED) is 0.265. The van der Waals surface area contributed by atoms with Crippen molar-refractivity contribution in [3.8, 4) is 11.5 Å². The van der Waals surface area contributed by atoms with Gasteiger partial charge in [-0.25, -0.2) is 4.98 Å². The average molecular weight is 593 g/mol. The number of hydrazone groups is 1. The number of hydrogen-bond acceptors (Lipinski definition) is 9. The summed E-state index contributed by atoms with van der Waals surface area (Å²) in [5, 5.41) is 10.4. The van der Waals surface area contributed by atoms with Gasteiger partial charge in [0.05, 0.1) is 41.4 Å². The maximum atomic E-state index is 12.7. The Morgan fingerprint density at radius 3 is 2.51 bits per heavy atom. The number of hydrogen-bond donors (Lipinski definition) is 1. The Hall–Kier alpha value is -3.37. The van der Waals surface area contributed by atoms with Gasteiger partial charge >= 0.3 is 0 Å². The summed E-state index contributed by atoms with van der Waals surface area (Å²) in [5.74, 6) is 1.29. The van der Waals surface area contributed by atoms with Gasteiger partial charge in [0.25, 0.3) is 5.91 Å². The number of methoxy groups -OCH3 is 1. The van der Waals surface area contributed by atoms with Crippen molar-refractivity contribution in [3.63, 3.8) is 0 Å². The molecule has 1 aliphatic carbocycles. The third-order valence-corrected chi connectivity index (χ3v) is 9.94. The van der Waals surface area contributed by atoms with Gasteiger partial charge in [-0.05, 0) is 81.8 Å². The molecule has 3 aromatic rings. The van der Waals surface area contributed by atoms with Gasteiger partial charge in [-0.15, -0.1) is 23.1 Å². The predicted octanol–water partition coefficient (Wildman–Crippen LogP) is 6.60. The van der Waals surface area contributed by atoms with Crippen LogP contribution in [-0.4, -0.2) is 51.7 Å². The molecule has 0 saturated heterocycles. The molecule has 10 heteroatoms. The minimum absolute atomic E-state index is 0.0746. The number of thiazole rings is 1. The zero-order chi connectivity index (χ0) is 28.9. The number of carbonyl (C=O) groups is 2. The smallest absolute Gasteiger partial charge is 0.267 e. The number of amides is 1. The van der Waals surface area contributed by atoms with Crippen molar-refractivity contribution in [1.82, 2.24) is 9.99 Å². The molecule has 5 rings (SSSR count). The summed E-state index contributed by atoms with van der Waals surface area (Å²) in [6.07, 6.45) is 6.52. The normalized spacial score (nSPS) is 19.1. The van der Waals surface area contributed by atoms with Crippen LogP contribution in [0.3, 0.4) is 0 Å². The number of benzene rings is 2. The van der Waals surface area contributed by atoms with Gasteiger partial charge in [-0.1, -0.05) is 19.1 Å². The van der Waals surface area contributed by atoms with Gasteiger partial charge in [0.15, 0.2) is 17.8 Å². The van der Waals surface area contributed by atoms with Crippen molar-refractivity contribution in [3.05, 3.63) is 69.2 Å². The highest BCUT2D eigenvalue weighted by molar-refractivity contribution is 8.01. The molecule has 0 spiro atoms. The van der Waals surface area contributed by atoms with Crippen molar-refractivity contribution in [2.45, 2.75) is 76.1 Å². The van der Waals surface area contributed by atoms with Crippen LogP contribution in [0.25, 0.3) is 0 Å². The maximum Gasteiger partial charge on any atom is 0.267 e. The highest BCUT2D eigenvalue weighted by Crippen LogP contribution is 2.37. The summed E-state index contributed by atoms with van der Waals surface area (Å²) < 4.78 is 11.9. The van der Waals surface area contributed by atoms with Crippen LogP contribution >= 0.6 is 23.1 Å². The molecule has 1 aromatic heterocycles. The van der Waals surface area contributed by atoms with E-state index < -0.39 is 5.37 Å². The standard InChI is InChI=1S/C31H36N4O4S2/c1-5-27-29(22-12-15-25(38-4)26(16-22)39-24-8-6-7-9-24)34-35(28(18-36)41-27)17-21-10-13-23(14-11-21)33-31(37)30-19(2)32-20(3)40-30/h10-16,18,24,27-28H,5-9,17H2,1-4H3,(H,33,37). The molecule has 8 nitrogen and oxygen atoms in total. The largest absolute Gasteiger partial charge is 0.493 e. The molecule has 1 amide bonds. The predicted molar refractivity (Wildman–Crippen MR) is 165 cm³/mol. The summed E-state index contributed by atoms with van der Waals surface area (Å²) in [6.45, 7) is 6.31. The van der Waals surface area contributed by atoms with Crippen LogP contribution in [0.4, 0.5) is 5.69 Å². The minimum Gasteiger partial charge on any atom is -0.493 e. The summed E-state index contributed by atoms with van der Waals surface area (Å²) in [7, 11) is 1.66. The van der Waals surface area contributed by atoms with Crippen molar-refractivity contribution in [2.24, 2.45) is 5.10 Å². The number of aldehydes is 1. The molecule has 2 atom stereocenters. The monoisotopic (exact) mass is 592 g/mol. The molecule has 0 bridgehead atoms. The lowest BCUT2D eigenvalue weighted by Crippen LogP contribution is -2.39. The fourth-order valence-electron chi connectivity index (χ4n) is 5.25. The molecule has 1 N–H and O–H groups in total. The van der Waals surface area contributed by atoms with Crippen LogP contribution in [0.15, 0.2) is 47.6 Å². The molecule has 2 aliphatic rings. The third-order valence-electron chi connectivity index (χ3n) is 7.35. The van der Waals surface area contributed by atoms with Crippen molar-refractivity contribution in [2.75, 3.05) is 12.4 Å². The lowest BCUT2D eigenvalue weighted by Gasteiger charge is -2.35. The summed E-state index contributed by atoms with van der Waals surface area (Å²) in [5.41, 5.74) is 4.32. The van der Waals surface area contributed by atoms with Gasteiger partial charge in [0.1, 0.15) is 10.3 Å². The fraction of sp³-hybridized carbons (Fsp3) is 0.419. The second kappa shape index (κ2) is 13.1. The van der Waals surface area contributed by atoms with Gasteiger partial charge in [0, 0.05) is 11.3 Å². The Bertz CT molecular complexity index is 1420. The van der Waals surface area contributed by atoms with E-state index in [0.717, 1.165) is 58.8 Å². The molecule has 1 aliphatic heterocycles. The van der Waals surface area contributed by atoms with Crippen molar-refractivity contribution in [1.29, 1.82) is 0 Å². The highest BCUT2D eigenvalue weighted by atomic mass is 32.2. The number of anilines is 1. The first-order chi connectivity index (χ1) is 19.9. The number of nitrogens with one attached hydrogen (secondary N) is 1. The molecule has 0 radical (unpaired) electrons. The number of rotatable bonds is 10. The molecular formula is C31H36N4O4S2. The first-order valence-corrected chi connectivity index (χ1v) is 15.8. The van der Waals surface area contributed by atoms with Crippen LogP contribution in [0.2, 0.25) is 0 Å². The molecule has 1 saturated carbocycles. The summed E-state index contributed by atoms with van der Waals surface area (Å²) in [4.78, 5) is 29.8. The average Bonchev–Trinajstić information content (AvgIpc) is 3.62. The number of ether oxygens (including phenoxy) is 2. The van der Waals surface area contributed by atoms with E-state index in [4.69, 9.17) is 14.6 Å². The van der Waals surface area contributed by atoms with E-state index in [0.29, 0.717) is 22.9 Å². The number of aromatic nitrogens is 1. The highest BCUT2D eigenvalue weighted by Gasteiger charge is 2.32. The van der Waals surface area contributed by atoms with Crippen LogP contribution in [0.5, 0.6) is 11.5 Å². The van der Waals surface area contributed by atoms with Crippen LogP contribution in [0.1, 0.15) is 70.5 Å². The van der Waals surface area contributed by atoms with Crippen LogP contribution < -0.4 is 14.8 Å². The van der Waals surface area contributed by atoms with Crippen LogP contribution in [0, 0.1) is 13.8 Å². The van der Waals surface area contributed by atoms with E-state index in [1.54, 1.807) is 18.9 Å². The molecule has 1 fully saturated rings. The zero-order valence-electron chi connectivity index (χ0n) is 23.9. The third kappa shape index (κ3) is 6.76. The number of carbonyl (C=O) groups excluding carboxylic acids is 2. The molecular weight excluding hydrogens is 556 g/mol. The SMILES string of the molecule is CCC1SC(C=O)N(Cc2ccc(NC(=O)c3sc(C)nc3C)cc2)N=C1c1ccc(OC)c(OC2CCCC2)c1. The van der Waals surface area contributed by atoms with E-state index in [2.05, 4.69) is 17.2 Å². The van der Waals surface area contributed by atoms with E-state index in [-0.39, 0.29) is 17.3 Å². The van der Waals surface area contributed by atoms with Crippen molar-refractivity contribution < 1.29 is 19.1 Å². The Morgan fingerprint density at radius 1 is 1.12 bits per heavy atom. The second-order valence-corrected chi connectivity index (χ2v) is 12.9. The lowest BCUT2D eigenvalue weighted by molar-refractivity contribution is -0.110. The van der Waals surface area contributed by atoms with E-state index >= 15 is 0 Å². The minimum atomic E-state index is -0.395. The molecule has 41 heavy (non-hydrogen) atoms. The summed E-state index contributed by atoms with van der Waals surface area (Å²) >= 11 is 3.00. The van der Waals surface area contributed by atoms with Gasteiger partial charge < -0.3 is 19.6 Å². The Labute approximate surface area is 249 Å². The molecule has 2 unspecified atom stereocenters. The number of thioether (sulfide) groups is 1. The van der Waals surface area contributed by atoms with Crippen LogP contribution in [-0.2, 0) is 11.3 Å². The van der Waals surface area contributed by atoms with E-state index in [9.17, 15) is 9.59 Å². The topological polar surface area (TPSA) is 93.1 Å². The maximum absolute atomic E-state index is 12.7. The van der Waals surface area contributed by atoms with E-state index in [1.165, 1.54) is 24.2 Å². The molecule has 216 valence electrons. The van der Waals surface area contributed by atoms with Crippen molar-refractivity contribution >= 4 is 46.7 Å². The number of nitrogens with zero attached hydrogens (tertiary/aromatic N) is 3. The number of aryl methyl sites for hydroxylation is 2. The fourth-order valence-corrected chi connectivity index (χ4v) is 7.23. The Kier molecular flexibility index (Phi) is 9.29. The Morgan fingerprint density at radius 2 is 1.88 bits per heavy atom. The lowest BCUT2D eigenvalue weighted by atomic mass is 10.0.